The van der Waals surface area contributed by atoms with Crippen molar-refractivity contribution in [3.63, 3.8) is 0 Å². The summed E-state index contributed by atoms with van der Waals surface area (Å²) < 4.78 is 5.27. The van der Waals surface area contributed by atoms with E-state index in [0.717, 1.165) is 24.7 Å². The quantitative estimate of drug-likeness (QED) is 0.754. The molecule has 3 unspecified atom stereocenters. The van der Waals surface area contributed by atoms with E-state index >= 15 is 0 Å². The first-order chi connectivity index (χ1) is 8.74. The molecule has 2 fully saturated rings. The molecule has 2 aliphatic heterocycles. The average molecular weight is 254 g/mol. The predicted molar refractivity (Wildman–Crippen MR) is 75.9 cm³/mol. The Bertz CT molecular complexity index is 233. The van der Waals surface area contributed by atoms with Crippen molar-refractivity contribution in [3.8, 4) is 0 Å². The normalized spacial score (nSPS) is 33.8. The first-order valence-electron chi connectivity index (χ1n) is 7.72. The standard InChI is InChI=1S/C15H30N2O/c1-4-7-16-13-8-14-5-6-15(9-13)17(14)10-12(2)11-18-3/h12-16H,4-11H2,1-3H3. The fourth-order valence-corrected chi connectivity index (χ4v) is 3.78. The van der Waals surface area contributed by atoms with E-state index in [1.165, 1.54) is 45.2 Å². The van der Waals surface area contributed by atoms with Gasteiger partial charge in [-0.05, 0) is 44.6 Å². The molecule has 18 heavy (non-hydrogen) atoms. The third-order valence-corrected chi connectivity index (χ3v) is 4.54. The Labute approximate surface area is 112 Å². The maximum absolute atomic E-state index is 5.27. The largest absolute Gasteiger partial charge is 0.384 e. The van der Waals surface area contributed by atoms with E-state index in [1.54, 1.807) is 0 Å². The molecule has 1 N–H and O–H groups in total. The van der Waals surface area contributed by atoms with Crippen LogP contribution >= 0.6 is 0 Å². The number of hydrogen-bond acceptors (Lipinski definition) is 3. The van der Waals surface area contributed by atoms with Crippen LogP contribution in [0.3, 0.4) is 0 Å². The number of nitrogens with one attached hydrogen (secondary N) is 1. The average Bonchev–Trinajstić information content (AvgIpc) is 2.60. The Morgan fingerprint density at radius 3 is 2.50 bits per heavy atom. The lowest BCUT2D eigenvalue weighted by Gasteiger charge is -2.40. The van der Waals surface area contributed by atoms with Crippen molar-refractivity contribution < 1.29 is 4.74 Å². The minimum Gasteiger partial charge on any atom is -0.384 e. The van der Waals surface area contributed by atoms with E-state index in [0.29, 0.717) is 5.92 Å². The third kappa shape index (κ3) is 3.46. The Balaban J connectivity index is 1.82. The number of fused-ring (bicyclic) bond motifs is 2. The first kappa shape index (κ1) is 14.3. The van der Waals surface area contributed by atoms with Crippen LogP contribution in [-0.4, -0.2) is 49.8 Å². The summed E-state index contributed by atoms with van der Waals surface area (Å²) in [5.74, 6) is 0.665. The highest BCUT2D eigenvalue weighted by Gasteiger charge is 2.40. The lowest BCUT2D eigenvalue weighted by molar-refractivity contribution is 0.0732. The lowest BCUT2D eigenvalue weighted by Crippen LogP contribution is -2.50. The van der Waals surface area contributed by atoms with Crippen molar-refractivity contribution in [2.75, 3.05) is 26.8 Å². The Morgan fingerprint density at radius 1 is 1.28 bits per heavy atom. The summed E-state index contributed by atoms with van der Waals surface area (Å²) in [6, 6.07) is 2.44. The van der Waals surface area contributed by atoms with Gasteiger partial charge >= 0.3 is 0 Å². The molecule has 0 radical (unpaired) electrons. The lowest BCUT2D eigenvalue weighted by atomic mass is 9.96. The van der Waals surface area contributed by atoms with Crippen LogP contribution in [0.4, 0.5) is 0 Å². The van der Waals surface area contributed by atoms with E-state index in [2.05, 4.69) is 24.1 Å². The van der Waals surface area contributed by atoms with E-state index in [9.17, 15) is 0 Å². The number of ether oxygens (including phenoxy) is 1. The van der Waals surface area contributed by atoms with Crippen LogP contribution in [-0.2, 0) is 4.74 Å². The van der Waals surface area contributed by atoms with Crippen LogP contribution in [0.5, 0.6) is 0 Å². The summed E-state index contributed by atoms with van der Waals surface area (Å²) in [6.45, 7) is 7.87. The van der Waals surface area contributed by atoms with E-state index < -0.39 is 0 Å². The minimum absolute atomic E-state index is 0.665. The maximum Gasteiger partial charge on any atom is 0.0500 e. The molecule has 0 aliphatic carbocycles. The molecule has 3 nitrogen and oxygen atoms in total. The number of piperidine rings is 1. The fraction of sp³-hybridized carbons (Fsp3) is 1.00. The highest BCUT2D eigenvalue weighted by atomic mass is 16.5. The van der Waals surface area contributed by atoms with Crippen LogP contribution in [0.1, 0.15) is 46.0 Å². The van der Waals surface area contributed by atoms with Gasteiger partial charge in [0.2, 0.25) is 0 Å². The molecule has 0 saturated carbocycles. The Morgan fingerprint density at radius 2 is 1.94 bits per heavy atom. The smallest absolute Gasteiger partial charge is 0.0500 e. The van der Waals surface area contributed by atoms with Gasteiger partial charge in [-0.25, -0.2) is 0 Å². The minimum atomic E-state index is 0.665. The molecule has 3 heteroatoms. The molecular weight excluding hydrogens is 224 g/mol. The van der Waals surface area contributed by atoms with Gasteiger partial charge in [0.25, 0.3) is 0 Å². The second-order valence-corrected chi connectivity index (χ2v) is 6.26. The van der Waals surface area contributed by atoms with Gasteiger partial charge in [0, 0.05) is 38.4 Å². The third-order valence-electron chi connectivity index (χ3n) is 4.54. The number of hydrogen-bond donors (Lipinski definition) is 1. The van der Waals surface area contributed by atoms with Crippen LogP contribution < -0.4 is 5.32 Å². The van der Waals surface area contributed by atoms with Crippen molar-refractivity contribution in [1.82, 2.24) is 10.2 Å². The predicted octanol–water partition coefficient (Wildman–Crippen LogP) is 2.26. The molecule has 0 spiro atoms. The molecule has 2 bridgehead atoms. The summed E-state index contributed by atoms with van der Waals surface area (Å²) in [6.07, 6.45) is 6.79. The molecule has 0 amide bonds. The van der Waals surface area contributed by atoms with Crippen LogP contribution in [0.15, 0.2) is 0 Å². The molecule has 2 aliphatic rings. The van der Waals surface area contributed by atoms with Gasteiger partial charge in [-0.3, -0.25) is 4.90 Å². The molecule has 3 atom stereocenters. The highest BCUT2D eigenvalue weighted by Crippen LogP contribution is 2.36. The molecule has 2 saturated heterocycles. The van der Waals surface area contributed by atoms with Crippen molar-refractivity contribution in [1.29, 1.82) is 0 Å². The molecule has 0 aromatic carbocycles. The number of nitrogens with zero attached hydrogens (tertiary/aromatic N) is 1. The van der Waals surface area contributed by atoms with Crippen molar-refractivity contribution in [2.24, 2.45) is 5.92 Å². The first-order valence-corrected chi connectivity index (χ1v) is 7.72. The zero-order valence-electron chi connectivity index (χ0n) is 12.3. The molecule has 0 aromatic heterocycles. The van der Waals surface area contributed by atoms with Crippen molar-refractivity contribution in [3.05, 3.63) is 0 Å². The summed E-state index contributed by atoms with van der Waals surface area (Å²) in [4.78, 5) is 2.77. The molecule has 2 rings (SSSR count). The van der Waals surface area contributed by atoms with Gasteiger partial charge in [0.05, 0.1) is 0 Å². The van der Waals surface area contributed by atoms with Gasteiger partial charge in [0.1, 0.15) is 0 Å². The van der Waals surface area contributed by atoms with Crippen molar-refractivity contribution >= 4 is 0 Å². The van der Waals surface area contributed by atoms with Crippen molar-refractivity contribution in [2.45, 2.75) is 64.1 Å². The molecule has 106 valence electrons. The van der Waals surface area contributed by atoms with Gasteiger partial charge in [-0.1, -0.05) is 13.8 Å². The van der Waals surface area contributed by atoms with Crippen LogP contribution in [0.2, 0.25) is 0 Å². The second kappa shape index (κ2) is 6.88. The SMILES string of the molecule is CCCNC1CC2CCC(C1)N2CC(C)COC. The van der Waals surface area contributed by atoms with E-state index in [4.69, 9.17) is 4.74 Å². The number of rotatable bonds is 7. The topological polar surface area (TPSA) is 24.5 Å². The summed E-state index contributed by atoms with van der Waals surface area (Å²) in [5.41, 5.74) is 0. The monoisotopic (exact) mass is 254 g/mol. The molecular formula is C15H30N2O. The summed E-state index contributed by atoms with van der Waals surface area (Å²) in [7, 11) is 1.81. The van der Waals surface area contributed by atoms with Gasteiger partial charge in [0.15, 0.2) is 0 Å². The van der Waals surface area contributed by atoms with E-state index in [-0.39, 0.29) is 0 Å². The van der Waals surface area contributed by atoms with Gasteiger partial charge < -0.3 is 10.1 Å². The molecule has 2 heterocycles. The second-order valence-electron chi connectivity index (χ2n) is 6.26. The zero-order valence-corrected chi connectivity index (χ0v) is 12.3. The van der Waals surface area contributed by atoms with Crippen LogP contribution in [0, 0.1) is 5.92 Å². The van der Waals surface area contributed by atoms with Gasteiger partial charge in [-0.2, -0.15) is 0 Å². The summed E-state index contributed by atoms with van der Waals surface area (Å²) >= 11 is 0. The van der Waals surface area contributed by atoms with E-state index in [1.807, 2.05) is 7.11 Å². The van der Waals surface area contributed by atoms with Gasteiger partial charge in [-0.15, -0.1) is 0 Å². The maximum atomic E-state index is 5.27. The molecule has 0 aromatic rings. The highest BCUT2D eigenvalue weighted by molar-refractivity contribution is 4.97. The fourth-order valence-electron chi connectivity index (χ4n) is 3.78. The Kier molecular flexibility index (Phi) is 5.46. The Hall–Kier alpha value is -0.120. The number of methoxy groups -OCH3 is 1. The summed E-state index contributed by atoms with van der Waals surface area (Å²) in [5, 5.41) is 3.72. The zero-order chi connectivity index (χ0) is 13.0. The van der Waals surface area contributed by atoms with Crippen LogP contribution in [0.25, 0.3) is 0 Å².